The van der Waals surface area contributed by atoms with Gasteiger partial charge in [-0.2, -0.15) is 0 Å². The lowest BCUT2D eigenvalue weighted by Crippen LogP contribution is -2.32. The van der Waals surface area contributed by atoms with Crippen LogP contribution < -0.4 is 10.8 Å². The highest BCUT2D eigenvalue weighted by Crippen LogP contribution is 2.17. The molecule has 66 valence electrons. The van der Waals surface area contributed by atoms with Crippen molar-refractivity contribution in [2.75, 3.05) is 5.32 Å². The first-order chi connectivity index (χ1) is 6.18. The van der Waals surface area contributed by atoms with Gasteiger partial charge in [-0.25, -0.2) is 4.98 Å². The van der Waals surface area contributed by atoms with Gasteiger partial charge in [0.1, 0.15) is 5.82 Å². The Kier molecular flexibility index (Phi) is 1.79. The standard InChI is InChI=1S/C7H7BN2O3/c11-6-3-4-5(8(12)13)1-2-9-7(4)10-6/h1-2,12-13H,3H2,(H,9,10,11). The van der Waals surface area contributed by atoms with E-state index >= 15 is 0 Å². The fourth-order valence-corrected chi connectivity index (χ4v) is 1.38. The molecule has 6 heteroatoms. The molecule has 2 rings (SSSR count). The predicted octanol–water partition coefficient (Wildman–Crippen LogP) is -1.74. The zero-order valence-corrected chi connectivity index (χ0v) is 6.69. The summed E-state index contributed by atoms with van der Waals surface area (Å²) in [4.78, 5) is 14.9. The first-order valence-electron chi connectivity index (χ1n) is 3.82. The third-order valence-corrected chi connectivity index (χ3v) is 1.97. The summed E-state index contributed by atoms with van der Waals surface area (Å²) in [6.07, 6.45) is 1.59. The molecule has 0 saturated carbocycles. The van der Waals surface area contributed by atoms with Crippen LogP contribution in [0.3, 0.4) is 0 Å². The maximum atomic E-state index is 11.0. The zero-order chi connectivity index (χ0) is 9.42. The monoisotopic (exact) mass is 178 g/mol. The van der Waals surface area contributed by atoms with E-state index in [0.717, 1.165) is 0 Å². The number of pyridine rings is 1. The normalized spacial score (nSPS) is 13.8. The summed E-state index contributed by atoms with van der Waals surface area (Å²) in [5.74, 6) is 0.256. The SMILES string of the molecule is O=C1Cc2c(B(O)O)ccnc2N1. The number of nitrogens with zero attached hydrogens (tertiary/aromatic N) is 1. The van der Waals surface area contributed by atoms with E-state index in [4.69, 9.17) is 10.0 Å². The summed E-state index contributed by atoms with van der Waals surface area (Å²) in [6.45, 7) is 0. The molecule has 3 N–H and O–H groups in total. The molecular weight excluding hydrogens is 171 g/mol. The molecule has 0 fully saturated rings. The van der Waals surface area contributed by atoms with Crippen molar-refractivity contribution in [2.45, 2.75) is 6.42 Å². The van der Waals surface area contributed by atoms with Crippen LogP contribution in [0.2, 0.25) is 0 Å². The van der Waals surface area contributed by atoms with Gasteiger partial charge < -0.3 is 15.4 Å². The first-order valence-corrected chi connectivity index (χ1v) is 3.82. The van der Waals surface area contributed by atoms with Gasteiger partial charge >= 0.3 is 7.12 Å². The second kappa shape index (κ2) is 2.83. The number of carbonyl (C=O) groups excluding carboxylic acids is 1. The number of hydrogen-bond donors (Lipinski definition) is 3. The van der Waals surface area contributed by atoms with Crippen molar-refractivity contribution in [1.82, 2.24) is 4.98 Å². The van der Waals surface area contributed by atoms with E-state index in [0.29, 0.717) is 16.8 Å². The van der Waals surface area contributed by atoms with Gasteiger partial charge in [-0.1, -0.05) is 0 Å². The Bertz CT molecular complexity index is 367. The third-order valence-electron chi connectivity index (χ3n) is 1.97. The average Bonchev–Trinajstić information content (AvgIpc) is 2.43. The third kappa shape index (κ3) is 1.30. The molecule has 0 unspecified atom stereocenters. The number of amides is 1. The number of aromatic nitrogens is 1. The minimum absolute atomic E-state index is 0.163. The van der Waals surface area contributed by atoms with Crippen molar-refractivity contribution < 1.29 is 14.8 Å². The number of anilines is 1. The molecule has 0 aliphatic carbocycles. The molecule has 2 heterocycles. The summed E-state index contributed by atoms with van der Waals surface area (Å²) in [6, 6.07) is 1.49. The first kappa shape index (κ1) is 8.21. The molecule has 1 aromatic rings. The van der Waals surface area contributed by atoms with Crippen LogP contribution in [0.1, 0.15) is 5.56 Å². The van der Waals surface area contributed by atoms with Crippen LogP contribution in [0.15, 0.2) is 12.3 Å². The Balaban J connectivity index is 2.51. The van der Waals surface area contributed by atoms with Gasteiger partial charge in [-0.05, 0) is 11.5 Å². The lowest BCUT2D eigenvalue weighted by molar-refractivity contribution is -0.115. The summed E-state index contributed by atoms with van der Waals surface area (Å²) in [7, 11) is -1.55. The van der Waals surface area contributed by atoms with E-state index < -0.39 is 7.12 Å². The number of fused-ring (bicyclic) bond motifs is 1. The second-order valence-corrected chi connectivity index (χ2v) is 2.83. The molecule has 0 aromatic carbocycles. The van der Waals surface area contributed by atoms with E-state index in [1.54, 1.807) is 0 Å². The molecule has 1 aromatic heterocycles. The molecule has 5 nitrogen and oxygen atoms in total. The lowest BCUT2D eigenvalue weighted by atomic mass is 9.77. The highest BCUT2D eigenvalue weighted by atomic mass is 16.4. The van der Waals surface area contributed by atoms with Gasteiger partial charge in [0.25, 0.3) is 0 Å². The van der Waals surface area contributed by atoms with Crippen LogP contribution in [0, 0.1) is 0 Å². The molecule has 1 aliphatic heterocycles. The van der Waals surface area contributed by atoms with Crippen LogP contribution in [0.5, 0.6) is 0 Å². The largest absolute Gasteiger partial charge is 0.488 e. The number of hydrogen-bond acceptors (Lipinski definition) is 4. The fraction of sp³-hybridized carbons (Fsp3) is 0.143. The van der Waals surface area contributed by atoms with E-state index in [9.17, 15) is 4.79 Å². The van der Waals surface area contributed by atoms with Crippen LogP contribution in [-0.2, 0) is 11.2 Å². The quantitative estimate of drug-likeness (QED) is 0.445. The van der Waals surface area contributed by atoms with Gasteiger partial charge in [0.05, 0.1) is 6.42 Å². The molecule has 0 bridgehead atoms. The highest BCUT2D eigenvalue weighted by Gasteiger charge is 2.26. The Labute approximate surface area is 74.6 Å². The smallest absolute Gasteiger partial charge is 0.423 e. The Morgan fingerprint density at radius 1 is 1.54 bits per heavy atom. The Hall–Kier alpha value is -1.40. The number of nitrogens with one attached hydrogen (secondary N) is 1. The molecule has 1 amide bonds. The van der Waals surface area contributed by atoms with Crippen LogP contribution >= 0.6 is 0 Å². The van der Waals surface area contributed by atoms with E-state index in [2.05, 4.69) is 10.3 Å². The van der Waals surface area contributed by atoms with E-state index in [1.165, 1.54) is 12.3 Å². The molecule has 0 radical (unpaired) electrons. The summed E-state index contributed by atoms with van der Waals surface area (Å²) in [5, 5.41) is 20.4. The van der Waals surface area contributed by atoms with E-state index in [-0.39, 0.29) is 12.3 Å². The van der Waals surface area contributed by atoms with Crippen molar-refractivity contribution in [2.24, 2.45) is 0 Å². The fourth-order valence-electron chi connectivity index (χ4n) is 1.38. The molecule has 0 saturated heterocycles. The minimum atomic E-state index is -1.55. The van der Waals surface area contributed by atoms with Crippen LogP contribution in [-0.4, -0.2) is 28.1 Å². The zero-order valence-electron chi connectivity index (χ0n) is 6.69. The van der Waals surface area contributed by atoms with Gasteiger partial charge in [0, 0.05) is 11.8 Å². The van der Waals surface area contributed by atoms with Crippen LogP contribution in [0.25, 0.3) is 0 Å². The summed E-state index contributed by atoms with van der Waals surface area (Å²) < 4.78 is 0. The van der Waals surface area contributed by atoms with Crippen molar-refractivity contribution in [3.05, 3.63) is 17.8 Å². The maximum Gasteiger partial charge on any atom is 0.488 e. The van der Waals surface area contributed by atoms with Gasteiger partial charge in [-0.15, -0.1) is 0 Å². The Morgan fingerprint density at radius 2 is 2.31 bits per heavy atom. The molecular formula is C7H7BN2O3. The second-order valence-electron chi connectivity index (χ2n) is 2.83. The maximum absolute atomic E-state index is 11.0. The molecule has 13 heavy (non-hydrogen) atoms. The van der Waals surface area contributed by atoms with Gasteiger partial charge in [0.15, 0.2) is 0 Å². The van der Waals surface area contributed by atoms with Crippen molar-refractivity contribution >= 4 is 24.3 Å². The molecule has 0 spiro atoms. The van der Waals surface area contributed by atoms with E-state index in [1.807, 2.05) is 0 Å². The highest BCUT2D eigenvalue weighted by molar-refractivity contribution is 6.59. The van der Waals surface area contributed by atoms with Crippen molar-refractivity contribution in [1.29, 1.82) is 0 Å². The number of carbonyl (C=O) groups is 1. The molecule has 1 aliphatic rings. The summed E-state index contributed by atoms with van der Waals surface area (Å²) >= 11 is 0. The van der Waals surface area contributed by atoms with Crippen molar-refractivity contribution in [3.8, 4) is 0 Å². The summed E-state index contributed by atoms with van der Waals surface area (Å²) in [5.41, 5.74) is 0.908. The predicted molar refractivity (Wildman–Crippen MR) is 46.4 cm³/mol. The minimum Gasteiger partial charge on any atom is -0.423 e. The molecule has 0 atom stereocenters. The topological polar surface area (TPSA) is 82.5 Å². The lowest BCUT2D eigenvalue weighted by Gasteiger charge is -2.03. The van der Waals surface area contributed by atoms with Crippen LogP contribution in [0.4, 0.5) is 5.82 Å². The van der Waals surface area contributed by atoms with Crippen molar-refractivity contribution in [3.63, 3.8) is 0 Å². The number of rotatable bonds is 1. The van der Waals surface area contributed by atoms with Gasteiger partial charge in [-0.3, -0.25) is 4.79 Å². The Morgan fingerprint density at radius 3 is 3.00 bits per heavy atom. The van der Waals surface area contributed by atoms with Gasteiger partial charge in [0.2, 0.25) is 5.91 Å². The average molecular weight is 178 g/mol.